The quantitative estimate of drug-likeness (QED) is 0.0249. The average Bonchev–Trinajstić information content (AvgIpc) is 1.54. The van der Waals surface area contributed by atoms with E-state index in [4.69, 9.17) is 22.2 Å². The minimum atomic E-state index is -5.08. The number of unbranched alkanes of at least 4 members (excludes halogenated alkanes) is 2. The van der Waals surface area contributed by atoms with Crippen LogP contribution in [-0.2, 0) is 91.7 Å². The zero-order chi connectivity index (χ0) is 67.8. The molecule has 7 N–H and O–H groups in total. The molecule has 7 rings (SSSR count). The van der Waals surface area contributed by atoms with Gasteiger partial charge in [0.1, 0.15) is 22.8 Å². The van der Waals surface area contributed by atoms with Gasteiger partial charge in [-0.05, 0) is 108 Å². The van der Waals surface area contributed by atoms with Crippen molar-refractivity contribution >= 4 is 128 Å². The van der Waals surface area contributed by atoms with Crippen molar-refractivity contribution < 1.29 is 114 Å². The van der Waals surface area contributed by atoms with Gasteiger partial charge >= 0.3 is 16.8 Å². The van der Waals surface area contributed by atoms with Gasteiger partial charge in [0.25, 0.3) is 62.4 Å². The molecule has 0 fully saturated rings. The van der Waals surface area contributed by atoms with Crippen molar-refractivity contribution in [1.29, 1.82) is 0 Å². The molecule has 4 aromatic carbocycles. The monoisotopic (exact) mass is 1390 g/mol. The smallest absolute Gasteiger partial charge is 0.425 e. The highest BCUT2D eigenvalue weighted by Crippen LogP contribution is 2.53. The van der Waals surface area contributed by atoms with Crippen LogP contribution in [0.1, 0.15) is 98.3 Å². The lowest BCUT2D eigenvalue weighted by Gasteiger charge is -2.27. The van der Waals surface area contributed by atoms with Crippen LogP contribution in [0.3, 0.4) is 0 Å². The standard InChI is InChI=1S/C52H61N5O20S6.CO2.O3S/c1-5-6-7-22-57-43-32-44(83(75,76)77)39-28-34(35-29-40(49(58)53-20-26-80(66,67)68)55-41(30-35)50(59)54-21-27-81(69,70)71)14-17-37(39)47(43)51(2,3)45(57)11-8-12-46-52(4,19-9-24-78(60,61)62)48-38-31-36(82(72,73)74)16-13-33(38)15-18-42(48)56(46)23-10-25-79(63,64)65;2-1-3;1-4(2)3/h8,11-18,28-32H,5-7,9-10,19-27H2,1-4H3,(H7-,53,54,58,59,60,61,62,63,64,65,66,67,68,69,70,71,72,73,74,75,76,77);;. The number of aromatic nitrogens is 1. The summed E-state index contributed by atoms with van der Waals surface area (Å²) in [6.45, 7) is 6.58. The summed E-state index contributed by atoms with van der Waals surface area (Å²) in [5, 5.41) is 5.72. The molecule has 0 spiro atoms. The van der Waals surface area contributed by atoms with E-state index >= 15 is 0 Å². The molecule has 2 amide bonds. The number of carbonyl (C=O) groups excluding carboxylic acids is 4. The number of allylic oxidation sites excluding steroid dienone is 4. The molecular weight excluding hydrogens is 1330 g/mol. The Bertz CT molecular complexity index is 4570. The van der Waals surface area contributed by atoms with E-state index in [0.717, 1.165) is 12.8 Å². The third-order valence-corrected chi connectivity index (χ3v) is 19.2. The fourth-order valence-electron chi connectivity index (χ4n) is 10.8. The third kappa shape index (κ3) is 19.2. The molecule has 90 heavy (non-hydrogen) atoms. The lowest BCUT2D eigenvalue weighted by Crippen LogP contribution is -2.32. The minimum absolute atomic E-state index is 0.00465. The molecule has 490 valence electrons. The Hall–Kier alpha value is -7.10. The first-order chi connectivity index (χ1) is 41.5. The van der Waals surface area contributed by atoms with Crippen molar-refractivity contribution in [2.45, 2.75) is 86.8 Å². The molecule has 0 saturated heterocycles. The molecular formula is C53H61N5O25S7. The van der Waals surface area contributed by atoms with E-state index in [9.17, 15) is 87.4 Å². The van der Waals surface area contributed by atoms with Crippen LogP contribution in [0.15, 0.2) is 100 Å². The number of anilines is 1. The summed E-state index contributed by atoms with van der Waals surface area (Å²) in [6, 6.07) is 15.5. The predicted octanol–water partition coefficient (Wildman–Crippen LogP) is 3.58. The molecule has 30 nitrogen and oxygen atoms in total. The van der Waals surface area contributed by atoms with Crippen LogP contribution in [0.25, 0.3) is 32.7 Å². The van der Waals surface area contributed by atoms with E-state index in [2.05, 4.69) is 15.6 Å². The Kier molecular flexibility index (Phi) is 23.7. The number of hydrogen-bond acceptors (Lipinski definition) is 22. The maximum atomic E-state index is 13.6. The van der Waals surface area contributed by atoms with Gasteiger partial charge in [0.05, 0.1) is 37.7 Å². The van der Waals surface area contributed by atoms with E-state index in [1.807, 2.05) is 25.7 Å². The van der Waals surface area contributed by atoms with Gasteiger partial charge in [-0.25, -0.2) is 13.4 Å². The van der Waals surface area contributed by atoms with Crippen molar-refractivity contribution in [1.82, 2.24) is 15.6 Å². The summed E-state index contributed by atoms with van der Waals surface area (Å²) >= 11 is 0. The van der Waals surface area contributed by atoms with Crippen molar-refractivity contribution in [3.8, 4) is 11.1 Å². The van der Waals surface area contributed by atoms with Crippen molar-refractivity contribution in [3.05, 3.63) is 113 Å². The fraction of sp³-hybridized carbons (Fsp3) is 0.377. The Morgan fingerprint density at radius 1 is 0.667 bits per heavy atom. The van der Waals surface area contributed by atoms with E-state index < -0.39 is 151 Å². The second kappa shape index (κ2) is 29.0. The second-order valence-electron chi connectivity index (χ2n) is 21.1. The Balaban J connectivity index is 0.00000200. The zero-order valence-corrected chi connectivity index (χ0v) is 53.8. The van der Waals surface area contributed by atoms with Crippen LogP contribution in [-0.4, -0.2) is 173 Å². The van der Waals surface area contributed by atoms with Crippen LogP contribution >= 0.6 is 0 Å². The summed E-state index contributed by atoms with van der Waals surface area (Å²) in [4.78, 5) is 48.0. The first-order valence-electron chi connectivity index (χ1n) is 26.6. The topological polar surface area (TPSA) is 492 Å². The molecule has 37 heteroatoms. The Labute approximate surface area is 519 Å². The highest BCUT2D eigenvalue weighted by molar-refractivity contribution is 7.87. The molecule has 5 aromatic rings. The van der Waals surface area contributed by atoms with Crippen LogP contribution in [0.5, 0.6) is 0 Å². The van der Waals surface area contributed by atoms with Gasteiger partial charge in [-0.3, -0.25) is 32.4 Å². The summed E-state index contributed by atoms with van der Waals surface area (Å²) in [7, 11) is -31.2. The number of amides is 2. The molecule has 0 radical (unpaired) electrons. The number of pyridine rings is 1. The zero-order valence-electron chi connectivity index (χ0n) is 48.1. The van der Waals surface area contributed by atoms with Crippen LogP contribution < -0.4 is 15.5 Å². The number of carbonyl (C=O) groups is 2. The summed E-state index contributed by atoms with van der Waals surface area (Å²) in [5.74, 6) is -5.22. The van der Waals surface area contributed by atoms with E-state index in [-0.39, 0.29) is 48.5 Å². The molecule has 2 aliphatic heterocycles. The first-order valence-corrected chi connectivity index (χ1v) is 36.8. The highest BCUT2D eigenvalue weighted by atomic mass is 32.2. The highest BCUT2D eigenvalue weighted by Gasteiger charge is 2.49. The van der Waals surface area contributed by atoms with Crippen LogP contribution in [0.2, 0.25) is 0 Å². The lowest BCUT2D eigenvalue weighted by molar-refractivity contribution is -0.437. The van der Waals surface area contributed by atoms with Crippen molar-refractivity contribution in [2.24, 2.45) is 0 Å². The third-order valence-electron chi connectivity index (χ3n) is 14.4. The normalized spacial score (nSPS) is 16.2. The number of rotatable bonds is 25. The number of fused-ring (bicyclic) bond motifs is 6. The van der Waals surface area contributed by atoms with Crippen molar-refractivity contribution in [3.63, 3.8) is 0 Å². The van der Waals surface area contributed by atoms with Gasteiger partial charge in [-0.2, -0.15) is 56.3 Å². The number of hydrogen-bond donors (Lipinski definition) is 7. The molecule has 1 unspecified atom stereocenters. The number of nitrogens with one attached hydrogen (secondary N) is 2. The summed E-state index contributed by atoms with van der Waals surface area (Å²) in [5.41, 5.74) is -0.0202. The van der Waals surface area contributed by atoms with Gasteiger partial charge in [-0.1, -0.05) is 57.9 Å². The van der Waals surface area contributed by atoms with Gasteiger partial charge in [0.15, 0.2) is 5.71 Å². The fourth-order valence-corrected chi connectivity index (χ4v) is 13.7. The summed E-state index contributed by atoms with van der Waals surface area (Å²) < 4.78 is 234. The molecule has 1 atom stereocenters. The van der Waals surface area contributed by atoms with E-state index in [0.29, 0.717) is 63.0 Å². The van der Waals surface area contributed by atoms with Gasteiger partial charge < -0.3 is 20.1 Å². The van der Waals surface area contributed by atoms with Crippen LogP contribution in [0, 0.1) is 0 Å². The Morgan fingerprint density at radius 3 is 1.73 bits per heavy atom. The molecule has 2 aliphatic rings. The second-order valence-corrected chi connectivity index (χ2v) is 30.5. The van der Waals surface area contributed by atoms with Crippen LogP contribution in [0.4, 0.5) is 11.4 Å². The van der Waals surface area contributed by atoms with E-state index in [1.165, 1.54) is 48.5 Å². The van der Waals surface area contributed by atoms with Gasteiger partial charge in [0, 0.05) is 71.7 Å². The molecule has 0 aliphatic carbocycles. The Morgan fingerprint density at radius 2 is 1.22 bits per heavy atom. The molecule has 0 bridgehead atoms. The van der Waals surface area contributed by atoms with Gasteiger partial charge in [0.2, 0.25) is 5.69 Å². The van der Waals surface area contributed by atoms with E-state index in [1.54, 1.807) is 47.9 Å². The maximum absolute atomic E-state index is 13.6. The lowest BCUT2D eigenvalue weighted by atomic mass is 9.74. The van der Waals surface area contributed by atoms with Crippen molar-refractivity contribution in [2.75, 3.05) is 54.1 Å². The first kappa shape index (κ1) is 73.6. The minimum Gasteiger partial charge on any atom is -0.748 e. The number of benzene rings is 4. The molecule has 0 saturated carbocycles. The van der Waals surface area contributed by atoms with Gasteiger partial charge in [-0.15, -0.1) is 12.6 Å². The number of nitrogens with zero attached hydrogens (tertiary/aromatic N) is 3. The molecule has 3 heterocycles. The summed E-state index contributed by atoms with van der Waals surface area (Å²) in [6.07, 6.45) is 7.22. The maximum Gasteiger partial charge on any atom is 0.425 e. The SMILES string of the molecule is CCCCCN1/C(=C/C=C/C2=[N+](CCCS(=O)(=O)[O-])c3ccc4ccc(S(=O)(=O)O)cc4c3C2(C)CCCS(=O)(=O)O)C(C)(C)c2c1cc(S(=O)(=O)O)c1cc(-c3cc(C(=O)NCCS(=O)(=O)O)nc(C(=O)NCCS(=O)(=O)O)c3)ccc21.O=C=O.O=S(=O)=O. The predicted molar refractivity (Wildman–Crippen MR) is 322 cm³/mol. The average molecular weight is 1390 g/mol. The molecule has 1 aromatic heterocycles. The largest absolute Gasteiger partial charge is 0.748 e.